The zero-order valence-electron chi connectivity index (χ0n) is 15.7. The highest BCUT2D eigenvalue weighted by atomic mass is 16.6. The molecule has 0 spiro atoms. The van der Waals surface area contributed by atoms with Crippen LogP contribution in [0.4, 0.5) is 0 Å². The average Bonchev–Trinajstić information content (AvgIpc) is 3.26. The van der Waals surface area contributed by atoms with Crippen molar-refractivity contribution in [3.63, 3.8) is 0 Å². The molecule has 0 aliphatic carbocycles. The maximum atomic E-state index is 12.4. The van der Waals surface area contributed by atoms with Crippen LogP contribution in [-0.2, 0) is 4.74 Å². The summed E-state index contributed by atoms with van der Waals surface area (Å²) in [5, 5.41) is 8.00. The molecule has 4 rings (SSSR count). The molecule has 0 amide bonds. The van der Waals surface area contributed by atoms with E-state index in [1.807, 2.05) is 60.7 Å². The van der Waals surface area contributed by atoms with Crippen LogP contribution in [0.3, 0.4) is 0 Å². The van der Waals surface area contributed by atoms with Crippen molar-refractivity contribution in [2.45, 2.75) is 13.0 Å². The van der Waals surface area contributed by atoms with E-state index in [2.05, 4.69) is 10.2 Å². The van der Waals surface area contributed by atoms with Crippen LogP contribution < -0.4 is 4.74 Å². The summed E-state index contributed by atoms with van der Waals surface area (Å²) in [6.07, 6.45) is -0.673. The van der Waals surface area contributed by atoms with Crippen molar-refractivity contribution in [2.75, 3.05) is 0 Å². The number of esters is 1. The second-order valence-corrected chi connectivity index (χ2v) is 6.30. The molecule has 0 N–H and O–H groups in total. The van der Waals surface area contributed by atoms with E-state index in [1.54, 1.807) is 31.2 Å². The highest BCUT2D eigenvalue weighted by Crippen LogP contribution is 2.24. The van der Waals surface area contributed by atoms with E-state index in [0.717, 1.165) is 11.3 Å². The van der Waals surface area contributed by atoms with Crippen LogP contribution in [0, 0.1) is 0 Å². The van der Waals surface area contributed by atoms with Crippen molar-refractivity contribution in [1.82, 2.24) is 10.2 Å². The molecule has 0 aliphatic rings. The van der Waals surface area contributed by atoms with Crippen LogP contribution in [-0.4, -0.2) is 16.2 Å². The molecular formula is C23H18N2O4. The van der Waals surface area contributed by atoms with E-state index in [0.29, 0.717) is 17.2 Å². The Labute approximate surface area is 167 Å². The predicted molar refractivity (Wildman–Crippen MR) is 107 cm³/mol. The Balaban J connectivity index is 1.39. The molecular weight excluding hydrogens is 368 g/mol. The Kier molecular flexibility index (Phi) is 5.33. The Morgan fingerprint density at radius 1 is 0.828 bits per heavy atom. The molecule has 1 atom stereocenters. The van der Waals surface area contributed by atoms with Crippen molar-refractivity contribution < 1.29 is 18.7 Å². The molecule has 6 heteroatoms. The molecule has 144 valence electrons. The molecule has 0 aliphatic heterocycles. The second-order valence-electron chi connectivity index (χ2n) is 6.30. The van der Waals surface area contributed by atoms with Gasteiger partial charge in [-0.2, -0.15) is 0 Å². The molecule has 0 radical (unpaired) electrons. The third kappa shape index (κ3) is 4.50. The van der Waals surface area contributed by atoms with E-state index in [9.17, 15) is 4.79 Å². The summed E-state index contributed by atoms with van der Waals surface area (Å²) >= 11 is 0. The van der Waals surface area contributed by atoms with Crippen molar-refractivity contribution in [1.29, 1.82) is 0 Å². The highest BCUT2D eigenvalue weighted by molar-refractivity contribution is 5.89. The minimum absolute atomic E-state index is 0.237. The van der Waals surface area contributed by atoms with Crippen LogP contribution in [0.5, 0.6) is 11.5 Å². The fraction of sp³-hybridized carbons (Fsp3) is 0.0870. The van der Waals surface area contributed by atoms with Gasteiger partial charge in [0.15, 0.2) is 6.10 Å². The molecule has 29 heavy (non-hydrogen) atoms. The van der Waals surface area contributed by atoms with Crippen molar-refractivity contribution >= 4 is 5.97 Å². The smallest absolute Gasteiger partial charge is 0.338 e. The van der Waals surface area contributed by atoms with Gasteiger partial charge in [0.2, 0.25) is 5.89 Å². The van der Waals surface area contributed by atoms with E-state index >= 15 is 0 Å². The molecule has 0 saturated carbocycles. The monoisotopic (exact) mass is 386 g/mol. The van der Waals surface area contributed by atoms with Gasteiger partial charge in [0.05, 0.1) is 5.56 Å². The van der Waals surface area contributed by atoms with Crippen LogP contribution in [0.15, 0.2) is 89.3 Å². The summed E-state index contributed by atoms with van der Waals surface area (Å²) in [6.45, 7) is 1.69. The average molecular weight is 386 g/mol. The maximum absolute atomic E-state index is 12.4. The molecule has 4 aromatic rings. The minimum Gasteiger partial charge on any atom is -0.457 e. The Morgan fingerprint density at radius 2 is 1.45 bits per heavy atom. The lowest BCUT2D eigenvalue weighted by Crippen LogP contribution is -2.09. The normalized spacial score (nSPS) is 11.6. The quantitative estimate of drug-likeness (QED) is 0.410. The van der Waals surface area contributed by atoms with Gasteiger partial charge < -0.3 is 13.9 Å². The van der Waals surface area contributed by atoms with Gasteiger partial charge in [-0.05, 0) is 55.5 Å². The van der Waals surface area contributed by atoms with Gasteiger partial charge in [0.1, 0.15) is 11.5 Å². The fourth-order valence-electron chi connectivity index (χ4n) is 2.66. The Morgan fingerprint density at radius 3 is 2.14 bits per heavy atom. The summed E-state index contributed by atoms with van der Waals surface area (Å²) in [7, 11) is 0. The zero-order chi connectivity index (χ0) is 20.1. The van der Waals surface area contributed by atoms with Gasteiger partial charge in [-0.15, -0.1) is 10.2 Å². The summed E-state index contributed by atoms with van der Waals surface area (Å²) in [5.74, 6) is 1.49. The highest BCUT2D eigenvalue weighted by Gasteiger charge is 2.20. The largest absolute Gasteiger partial charge is 0.457 e. The number of carbonyl (C=O) groups is 1. The lowest BCUT2D eigenvalue weighted by atomic mass is 10.2. The van der Waals surface area contributed by atoms with Crippen molar-refractivity contribution in [2.24, 2.45) is 0 Å². The van der Waals surface area contributed by atoms with Crippen LogP contribution in [0.25, 0.3) is 11.5 Å². The first-order chi connectivity index (χ1) is 14.2. The SMILES string of the molecule is C[C@@H](OC(=O)c1ccc(Oc2ccccc2)cc1)c1nnc(-c2ccccc2)o1. The summed E-state index contributed by atoms with van der Waals surface area (Å²) in [5.41, 5.74) is 1.21. The fourth-order valence-corrected chi connectivity index (χ4v) is 2.66. The standard InChI is InChI=1S/C23H18N2O4/c1-16(21-24-25-22(29-21)17-8-4-2-5-9-17)27-23(26)18-12-14-20(15-13-18)28-19-10-6-3-7-11-19/h2-16H,1H3/t16-/m1/s1. The Hall–Kier alpha value is -3.93. The number of hydrogen-bond acceptors (Lipinski definition) is 6. The van der Waals surface area contributed by atoms with Crippen LogP contribution >= 0.6 is 0 Å². The first-order valence-electron chi connectivity index (χ1n) is 9.12. The third-order valence-corrected chi connectivity index (χ3v) is 4.16. The molecule has 0 unspecified atom stereocenters. The van der Waals surface area contributed by atoms with E-state index < -0.39 is 12.1 Å². The lowest BCUT2D eigenvalue weighted by molar-refractivity contribution is 0.0280. The number of carbonyl (C=O) groups excluding carboxylic acids is 1. The molecule has 0 saturated heterocycles. The molecule has 0 bridgehead atoms. The molecule has 3 aromatic carbocycles. The van der Waals surface area contributed by atoms with Crippen LogP contribution in [0.2, 0.25) is 0 Å². The van der Waals surface area contributed by atoms with E-state index in [1.165, 1.54) is 0 Å². The summed E-state index contributed by atoms with van der Waals surface area (Å²) in [6, 6.07) is 25.6. The van der Waals surface area contributed by atoms with Gasteiger partial charge in [0.25, 0.3) is 5.89 Å². The maximum Gasteiger partial charge on any atom is 0.338 e. The second kappa shape index (κ2) is 8.39. The summed E-state index contributed by atoms with van der Waals surface area (Å²) < 4.78 is 16.8. The molecule has 1 aromatic heterocycles. The number of rotatable bonds is 6. The number of ether oxygens (including phenoxy) is 2. The van der Waals surface area contributed by atoms with E-state index in [-0.39, 0.29) is 5.89 Å². The number of hydrogen-bond donors (Lipinski definition) is 0. The number of benzene rings is 3. The molecule has 0 fully saturated rings. The first kappa shape index (κ1) is 18.4. The molecule has 6 nitrogen and oxygen atoms in total. The number of aromatic nitrogens is 2. The predicted octanol–water partition coefficient (Wildman–Crippen LogP) is 5.45. The topological polar surface area (TPSA) is 74.5 Å². The molecule has 1 heterocycles. The van der Waals surface area contributed by atoms with Gasteiger partial charge in [-0.25, -0.2) is 4.79 Å². The third-order valence-electron chi connectivity index (χ3n) is 4.16. The van der Waals surface area contributed by atoms with Crippen molar-refractivity contribution in [3.8, 4) is 23.0 Å². The summed E-state index contributed by atoms with van der Waals surface area (Å²) in [4.78, 5) is 12.4. The number of nitrogens with zero attached hydrogens (tertiary/aromatic N) is 2. The Bertz CT molecular complexity index is 1080. The van der Waals surface area contributed by atoms with Crippen LogP contribution in [0.1, 0.15) is 29.3 Å². The zero-order valence-corrected chi connectivity index (χ0v) is 15.7. The van der Waals surface area contributed by atoms with E-state index in [4.69, 9.17) is 13.9 Å². The lowest BCUT2D eigenvalue weighted by Gasteiger charge is -2.10. The van der Waals surface area contributed by atoms with Gasteiger partial charge in [-0.1, -0.05) is 36.4 Å². The van der Waals surface area contributed by atoms with Crippen molar-refractivity contribution in [3.05, 3.63) is 96.4 Å². The van der Waals surface area contributed by atoms with Gasteiger partial charge in [0, 0.05) is 5.56 Å². The number of para-hydroxylation sites is 1. The minimum atomic E-state index is -0.673. The van der Waals surface area contributed by atoms with Gasteiger partial charge >= 0.3 is 5.97 Å². The first-order valence-corrected chi connectivity index (χ1v) is 9.12. The van der Waals surface area contributed by atoms with Gasteiger partial charge in [-0.3, -0.25) is 0 Å².